The second-order valence-electron chi connectivity index (χ2n) is 4.49. The van der Waals surface area contributed by atoms with Crippen LogP contribution in [0.1, 0.15) is 35.6 Å². The lowest BCUT2D eigenvalue weighted by atomic mass is 10.1. The number of hydrogen-bond donors (Lipinski definition) is 1. The first kappa shape index (κ1) is 13.3. The molecule has 2 rings (SSSR count). The highest BCUT2D eigenvalue weighted by molar-refractivity contribution is 5.25. The van der Waals surface area contributed by atoms with E-state index in [2.05, 4.69) is 5.32 Å². The number of rotatable bonds is 4. The second kappa shape index (κ2) is 5.68. The van der Waals surface area contributed by atoms with Crippen molar-refractivity contribution in [3.05, 3.63) is 58.8 Å². The number of furan rings is 1. The van der Waals surface area contributed by atoms with Crippen LogP contribution < -0.4 is 5.32 Å². The molecule has 1 aromatic carbocycles. The number of halogens is 1. The SMILES string of the molecule is Cc1ccc(C(C)NCc2ccc(C#N)o2)cc1F. The Kier molecular flexibility index (Phi) is 3.98. The third kappa shape index (κ3) is 3.21. The van der Waals surface area contributed by atoms with Crippen LogP contribution in [0.4, 0.5) is 4.39 Å². The summed E-state index contributed by atoms with van der Waals surface area (Å²) in [6, 6.07) is 10.5. The molecule has 3 nitrogen and oxygen atoms in total. The van der Waals surface area contributed by atoms with Crippen molar-refractivity contribution in [2.75, 3.05) is 0 Å². The largest absolute Gasteiger partial charge is 0.449 e. The summed E-state index contributed by atoms with van der Waals surface area (Å²) in [5, 5.41) is 11.9. The van der Waals surface area contributed by atoms with Gasteiger partial charge in [0.05, 0.1) is 6.54 Å². The molecule has 4 heteroatoms. The normalized spacial score (nSPS) is 12.1. The average molecular weight is 258 g/mol. The van der Waals surface area contributed by atoms with Crippen molar-refractivity contribution < 1.29 is 8.81 Å². The number of nitriles is 1. The summed E-state index contributed by atoms with van der Waals surface area (Å²) in [5.74, 6) is 0.790. The summed E-state index contributed by atoms with van der Waals surface area (Å²) in [6.45, 7) is 4.19. The highest BCUT2D eigenvalue weighted by Gasteiger charge is 2.08. The first-order valence-corrected chi connectivity index (χ1v) is 6.08. The standard InChI is InChI=1S/C15H15FN2O/c1-10-3-4-12(7-15(10)16)11(2)18-9-14-6-5-13(8-17)19-14/h3-7,11,18H,9H2,1-2H3. The summed E-state index contributed by atoms with van der Waals surface area (Å²) in [4.78, 5) is 0. The van der Waals surface area contributed by atoms with Gasteiger partial charge in [-0.1, -0.05) is 12.1 Å². The highest BCUT2D eigenvalue weighted by Crippen LogP contribution is 2.17. The molecule has 0 aliphatic rings. The van der Waals surface area contributed by atoms with Crippen molar-refractivity contribution in [1.29, 1.82) is 5.26 Å². The minimum atomic E-state index is -0.198. The van der Waals surface area contributed by atoms with E-state index in [9.17, 15) is 4.39 Å². The predicted molar refractivity (Wildman–Crippen MR) is 69.8 cm³/mol. The van der Waals surface area contributed by atoms with Crippen LogP contribution in [0.3, 0.4) is 0 Å². The fourth-order valence-electron chi connectivity index (χ4n) is 1.78. The zero-order valence-corrected chi connectivity index (χ0v) is 10.9. The molecule has 1 aromatic heterocycles. The molecule has 1 N–H and O–H groups in total. The number of nitrogens with one attached hydrogen (secondary N) is 1. The van der Waals surface area contributed by atoms with Gasteiger partial charge in [-0.3, -0.25) is 0 Å². The van der Waals surface area contributed by atoms with Gasteiger partial charge in [0.25, 0.3) is 0 Å². The maximum atomic E-state index is 13.5. The quantitative estimate of drug-likeness (QED) is 0.913. The fraction of sp³-hybridized carbons (Fsp3) is 0.267. The maximum Gasteiger partial charge on any atom is 0.203 e. The van der Waals surface area contributed by atoms with Crippen molar-refractivity contribution in [3.8, 4) is 6.07 Å². The zero-order chi connectivity index (χ0) is 13.8. The van der Waals surface area contributed by atoms with Crippen LogP contribution >= 0.6 is 0 Å². The molecule has 0 saturated carbocycles. The molecule has 1 unspecified atom stereocenters. The Morgan fingerprint density at radius 3 is 2.79 bits per heavy atom. The molecule has 1 atom stereocenters. The smallest absolute Gasteiger partial charge is 0.203 e. The Bertz CT molecular complexity index is 613. The fourth-order valence-corrected chi connectivity index (χ4v) is 1.78. The molecule has 0 spiro atoms. The van der Waals surface area contributed by atoms with Crippen molar-refractivity contribution in [1.82, 2.24) is 5.32 Å². The van der Waals surface area contributed by atoms with E-state index >= 15 is 0 Å². The Hall–Kier alpha value is -2.12. The van der Waals surface area contributed by atoms with Gasteiger partial charge in [0.2, 0.25) is 5.76 Å². The van der Waals surface area contributed by atoms with E-state index in [1.54, 1.807) is 25.1 Å². The monoisotopic (exact) mass is 258 g/mol. The Labute approximate surface area is 111 Å². The molecule has 0 saturated heterocycles. The lowest BCUT2D eigenvalue weighted by Gasteiger charge is -2.13. The molecular weight excluding hydrogens is 243 g/mol. The molecule has 0 bridgehead atoms. The van der Waals surface area contributed by atoms with Crippen LogP contribution in [0.2, 0.25) is 0 Å². The first-order valence-electron chi connectivity index (χ1n) is 6.08. The van der Waals surface area contributed by atoms with Gasteiger partial charge in [0.1, 0.15) is 17.6 Å². The third-order valence-corrected chi connectivity index (χ3v) is 3.05. The van der Waals surface area contributed by atoms with Crippen LogP contribution in [0.25, 0.3) is 0 Å². The van der Waals surface area contributed by atoms with Crippen LogP contribution in [0, 0.1) is 24.1 Å². The summed E-state index contributed by atoms with van der Waals surface area (Å²) in [6.07, 6.45) is 0. The van der Waals surface area contributed by atoms with Crippen LogP contribution in [0.15, 0.2) is 34.7 Å². The van der Waals surface area contributed by atoms with E-state index in [1.807, 2.05) is 19.1 Å². The van der Waals surface area contributed by atoms with Crippen molar-refractivity contribution in [2.24, 2.45) is 0 Å². The molecule has 0 amide bonds. The van der Waals surface area contributed by atoms with E-state index in [4.69, 9.17) is 9.68 Å². The first-order chi connectivity index (χ1) is 9.10. The topological polar surface area (TPSA) is 49.0 Å². The minimum Gasteiger partial charge on any atom is -0.449 e. The zero-order valence-electron chi connectivity index (χ0n) is 10.9. The number of hydrogen-bond acceptors (Lipinski definition) is 3. The van der Waals surface area contributed by atoms with E-state index in [0.29, 0.717) is 23.6 Å². The molecule has 19 heavy (non-hydrogen) atoms. The van der Waals surface area contributed by atoms with Gasteiger partial charge in [0.15, 0.2) is 0 Å². The lowest BCUT2D eigenvalue weighted by Crippen LogP contribution is -2.17. The number of benzene rings is 1. The second-order valence-corrected chi connectivity index (χ2v) is 4.49. The van der Waals surface area contributed by atoms with Gasteiger partial charge in [-0.25, -0.2) is 4.39 Å². The molecule has 2 aromatic rings. The van der Waals surface area contributed by atoms with E-state index in [-0.39, 0.29) is 11.9 Å². The Morgan fingerprint density at radius 1 is 1.37 bits per heavy atom. The molecular formula is C15H15FN2O. The van der Waals surface area contributed by atoms with Gasteiger partial charge in [-0.2, -0.15) is 5.26 Å². The van der Waals surface area contributed by atoms with Crippen molar-refractivity contribution >= 4 is 0 Å². The highest BCUT2D eigenvalue weighted by atomic mass is 19.1. The van der Waals surface area contributed by atoms with Crippen molar-refractivity contribution in [3.63, 3.8) is 0 Å². The Balaban J connectivity index is 1.99. The molecule has 98 valence electrons. The van der Waals surface area contributed by atoms with E-state index in [0.717, 1.165) is 5.56 Å². The molecule has 0 fully saturated rings. The molecule has 0 aliphatic heterocycles. The molecule has 1 heterocycles. The summed E-state index contributed by atoms with van der Waals surface area (Å²) < 4.78 is 18.7. The van der Waals surface area contributed by atoms with E-state index < -0.39 is 0 Å². The third-order valence-electron chi connectivity index (χ3n) is 3.05. The van der Waals surface area contributed by atoms with Gasteiger partial charge in [0, 0.05) is 6.04 Å². The van der Waals surface area contributed by atoms with Crippen LogP contribution in [0.5, 0.6) is 0 Å². The summed E-state index contributed by atoms with van der Waals surface area (Å²) in [5.41, 5.74) is 1.52. The summed E-state index contributed by atoms with van der Waals surface area (Å²) in [7, 11) is 0. The summed E-state index contributed by atoms with van der Waals surface area (Å²) >= 11 is 0. The van der Waals surface area contributed by atoms with E-state index in [1.165, 1.54) is 6.07 Å². The lowest BCUT2D eigenvalue weighted by molar-refractivity contribution is 0.453. The Morgan fingerprint density at radius 2 is 2.16 bits per heavy atom. The van der Waals surface area contributed by atoms with Gasteiger partial charge >= 0.3 is 0 Å². The number of nitrogens with zero attached hydrogens (tertiary/aromatic N) is 1. The molecule has 0 aliphatic carbocycles. The van der Waals surface area contributed by atoms with Crippen LogP contribution in [-0.2, 0) is 6.54 Å². The average Bonchev–Trinajstić information content (AvgIpc) is 2.87. The van der Waals surface area contributed by atoms with Gasteiger partial charge in [-0.05, 0) is 43.2 Å². The molecule has 0 radical (unpaired) electrons. The minimum absolute atomic E-state index is 0.00531. The van der Waals surface area contributed by atoms with Crippen LogP contribution in [-0.4, -0.2) is 0 Å². The maximum absolute atomic E-state index is 13.5. The number of aryl methyl sites for hydroxylation is 1. The predicted octanol–water partition coefficient (Wildman–Crippen LogP) is 3.45. The van der Waals surface area contributed by atoms with Crippen molar-refractivity contribution in [2.45, 2.75) is 26.4 Å². The van der Waals surface area contributed by atoms with Gasteiger partial charge in [-0.15, -0.1) is 0 Å². The van der Waals surface area contributed by atoms with Gasteiger partial charge < -0.3 is 9.73 Å².